The Balaban J connectivity index is 4.31. The summed E-state index contributed by atoms with van der Waals surface area (Å²) in [7, 11) is 1.38. The molecule has 0 heterocycles. The Hall–Kier alpha value is -0.130. The van der Waals surface area contributed by atoms with E-state index < -0.39 is 19.0 Å². The third-order valence-electron chi connectivity index (χ3n) is 1.52. The number of hydroxylamine groups is 2. The molecule has 0 aliphatic heterocycles. The van der Waals surface area contributed by atoms with Crippen LogP contribution in [0.3, 0.4) is 0 Å². The van der Waals surface area contributed by atoms with Crippen LogP contribution in [0.15, 0.2) is 0 Å². The SMILES string of the molecule is CCN(OC)[C@@H](C)C(=O)OP(=O)(O)Cl. The third-order valence-corrected chi connectivity index (χ3v) is 2.13. The quantitative estimate of drug-likeness (QED) is 0.578. The van der Waals surface area contributed by atoms with Crippen molar-refractivity contribution in [3.05, 3.63) is 0 Å². The monoisotopic (exact) mass is 245 g/mol. The van der Waals surface area contributed by atoms with Gasteiger partial charge >= 0.3 is 12.9 Å². The van der Waals surface area contributed by atoms with Crippen molar-refractivity contribution in [2.24, 2.45) is 0 Å². The molecule has 0 aromatic heterocycles. The molecule has 0 rings (SSSR count). The van der Waals surface area contributed by atoms with Crippen LogP contribution in [0, 0.1) is 0 Å². The van der Waals surface area contributed by atoms with Crippen LogP contribution in [0.2, 0.25) is 0 Å². The van der Waals surface area contributed by atoms with Gasteiger partial charge in [-0.05, 0) is 6.92 Å². The summed E-state index contributed by atoms with van der Waals surface area (Å²) in [5.41, 5.74) is 0. The van der Waals surface area contributed by atoms with Gasteiger partial charge in [-0.1, -0.05) is 6.92 Å². The van der Waals surface area contributed by atoms with E-state index in [9.17, 15) is 9.36 Å². The minimum absolute atomic E-state index is 0.435. The Bertz CT molecular complexity index is 238. The van der Waals surface area contributed by atoms with Crippen molar-refractivity contribution >= 4 is 24.2 Å². The second-order valence-corrected chi connectivity index (χ2v) is 4.82. The van der Waals surface area contributed by atoms with Crippen LogP contribution >= 0.6 is 18.2 Å². The molecule has 0 aromatic rings. The maximum absolute atomic E-state index is 11.2. The van der Waals surface area contributed by atoms with E-state index in [0.717, 1.165) is 0 Å². The van der Waals surface area contributed by atoms with Crippen LogP contribution in [0.1, 0.15) is 13.8 Å². The Labute approximate surface area is 87.0 Å². The third kappa shape index (κ3) is 4.93. The van der Waals surface area contributed by atoms with E-state index in [1.807, 2.05) is 0 Å². The summed E-state index contributed by atoms with van der Waals surface area (Å²) >= 11 is 4.87. The fourth-order valence-electron chi connectivity index (χ4n) is 0.866. The number of likely N-dealkylation sites (N-methyl/N-ethyl adjacent to an activating group) is 1. The number of carbonyl (C=O) groups excluding carboxylic acids is 1. The van der Waals surface area contributed by atoms with Crippen molar-refractivity contribution < 1.29 is 23.6 Å². The first-order valence-electron chi connectivity index (χ1n) is 3.88. The van der Waals surface area contributed by atoms with Crippen LogP contribution in [0.4, 0.5) is 0 Å². The fraction of sp³-hybridized carbons (Fsp3) is 0.833. The summed E-state index contributed by atoms with van der Waals surface area (Å²) in [5, 5.41) is 1.29. The maximum Gasteiger partial charge on any atom is 0.476 e. The Morgan fingerprint density at radius 2 is 2.21 bits per heavy atom. The van der Waals surface area contributed by atoms with E-state index in [0.29, 0.717) is 6.54 Å². The first-order chi connectivity index (χ1) is 6.31. The molecule has 6 nitrogen and oxygen atoms in total. The Morgan fingerprint density at radius 3 is 2.50 bits per heavy atom. The average Bonchev–Trinajstić information content (AvgIpc) is 2.03. The van der Waals surface area contributed by atoms with Gasteiger partial charge in [-0.2, -0.15) is 5.06 Å². The molecule has 0 fully saturated rings. The molecule has 0 amide bonds. The lowest BCUT2D eigenvalue weighted by Gasteiger charge is -2.23. The summed E-state index contributed by atoms with van der Waals surface area (Å²) < 4.78 is 14.6. The molecule has 0 radical (unpaired) electrons. The number of nitrogens with zero attached hydrogens (tertiary/aromatic N) is 1. The molecule has 0 saturated heterocycles. The molecule has 0 saturated carbocycles. The molecular formula is C6H13ClNO5P. The van der Waals surface area contributed by atoms with Crippen molar-refractivity contribution in [1.82, 2.24) is 5.06 Å². The highest BCUT2D eigenvalue weighted by Crippen LogP contribution is 2.47. The molecule has 8 heteroatoms. The van der Waals surface area contributed by atoms with Gasteiger partial charge in [-0.15, -0.1) is 0 Å². The van der Waals surface area contributed by atoms with Gasteiger partial charge in [0.2, 0.25) is 0 Å². The lowest BCUT2D eigenvalue weighted by atomic mass is 10.3. The molecule has 0 bridgehead atoms. The van der Waals surface area contributed by atoms with Gasteiger partial charge in [0.05, 0.1) is 7.11 Å². The first kappa shape index (κ1) is 13.9. The lowest BCUT2D eigenvalue weighted by molar-refractivity contribution is -0.177. The predicted octanol–water partition coefficient (Wildman–Crippen LogP) is 1.14. The van der Waals surface area contributed by atoms with Gasteiger partial charge in [-0.25, -0.2) is 9.36 Å². The normalized spacial score (nSPS) is 17.6. The number of hydrogen-bond donors (Lipinski definition) is 1. The van der Waals surface area contributed by atoms with E-state index in [2.05, 4.69) is 4.52 Å². The molecule has 14 heavy (non-hydrogen) atoms. The second-order valence-electron chi connectivity index (χ2n) is 2.45. The molecule has 0 aromatic carbocycles. The molecule has 2 atom stereocenters. The smallest absolute Gasteiger partial charge is 0.379 e. The highest BCUT2D eigenvalue weighted by molar-refractivity contribution is 7.80. The summed E-state index contributed by atoms with van der Waals surface area (Å²) in [6, 6.07) is -0.788. The Morgan fingerprint density at radius 1 is 1.71 bits per heavy atom. The number of hydrogen-bond acceptors (Lipinski definition) is 5. The summed E-state index contributed by atoms with van der Waals surface area (Å²) in [4.78, 5) is 24.6. The average molecular weight is 246 g/mol. The van der Waals surface area contributed by atoms with Crippen LogP contribution in [-0.4, -0.2) is 35.6 Å². The highest BCUT2D eigenvalue weighted by atomic mass is 35.7. The van der Waals surface area contributed by atoms with E-state index in [4.69, 9.17) is 21.0 Å². The van der Waals surface area contributed by atoms with E-state index in [1.54, 1.807) is 6.92 Å². The van der Waals surface area contributed by atoms with Crippen molar-refractivity contribution in [2.75, 3.05) is 13.7 Å². The summed E-state index contributed by atoms with van der Waals surface area (Å²) in [6.07, 6.45) is 0. The van der Waals surface area contributed by atoms with Crippen LogP contribution in [-0.2, 0) is 18.7 Å². The minimum Gasteiger partial charge on any atom is -0.379 e. The standard InChI is InChI=1S/C6H13ClNO5P/c1-4-8(12-3)5(2)6(9)13-14(7,10)11/h5H,4H2,1-3H3,(H,10,11)/t5-/m0/s1. The lowest BCUT2D eigenvalue weighted by Crippen LogP contribution is -2.38. The number of rotatable bonds is 5. The van der Waals surface area contributed by atoms with Gasteiger partial charge < -0.3 is 14.3 Å². The topological polar surface area (TPSA) is 76.1 Å². The molecule has 84 valence electrons. The number of carbonyl (C=O) groups is 1. The van der Waals surface area contributed by atoms with Crippen LogP contribution < -0.4 is 0 Å². The zero-order valence-electron chi connectivity index (χ0n) is 8.14. The zero-order chi connectivity index (χ0) is 11.4. The first-order valence-corrected chi connectivity index (χ1v) is 6.36. The highest BCUT2D eigenvalue weighted by Gasteiger charge is 2.28. The maximum atomic E-state index is 11.2. The van der Waals surface area contributed by atoms with Crippen molar-refractivity contribution in [3.8, 4) is 0 Å². The minimum atomic E-state index is -4.30. The molecule has 0 aliphatic carbocycles. The molecule has 0 aliphatic rings. The van der Waals surface area contributed by atoms with Gasteiger partial charge in [-0.3, -0.25) is 0 Å². The zero-order valence-corrected chi connectivity index (χ0v) is 9.79. The van der Waals surface area contributed by atoms with Crippen molar-refractivity contribution in [2.45, 2.75) is 19.9 Å². The molecule has 0 spiro atoms. The van der Waals surface area contributed by atoms with E-state index in [1.165, 1.54) is 19.1 Å². The molecule has 1 unspecified atom stereocenters. The van der Waals surface area contributed by atoms with Gasteiger partial charge in [0.25, 0.3) is 0 Å². The Kier molecular flexibility index (Phi) is 5.63. The van der Waals surface area contributed by atoms with Crippen molar-refractivity contribution in [1.29, 1.82) is 0 Å². The van der Waals surface area contributed by atoms with Crippen LogP contribution in [0.5, 0.6) is 0 Å². The molecular weight excluding hydrogens is 232 g/mol. The van der Waals surface area contributed by atoms with E-state index >= 15 is 0 Å². The van der Waals surface area contributed by atoms with Gasteiger partial charge in [0.1, 0.15) is 6.04 Å². The predicted molar refractivity (Wildman–Crippen MR) is 50.6 cm³/mol. The van der Waals surface area contributed by atoms with Crippen LogP contribution in [0.25, 0.3) is 0 Å². The van der Waals surface area contributed by atoms with E-state index in [-0.39, 0.29) is 0 Å². The van der Waals surface area contributed by atoms with Crippen molar-refractivity contribution in [3.63, 3.8) is 0 Å². The molecule has 1 N–H and O–H groups in total. The number of halogens is 1. The summed E-state index contributed by atoms with van der Waals surface area (Å²) in [5.74, 6) is -0.908. The second kappa shape index (κ2) is 5.68. The largest absolute Gasteiger partial charge is 0.476 e. The summed E-state index contributed by atoms with van der Waals surface area (Å²) in [6.45, 7) is -0.630. The fourth-order valence-corrected chi connectivity index (χ4v) is 1.44. The van der Waals surface area contributed by atoms with Gasteiger partial charge in [0, 0.05) is 17.8 Å². The van der Waals surface area contributed by atoms with Gasteiger partial charge in [0.15, 0.2) is 0 Å².